The summed E-state index contributed by atoms with van der Waals surface area (Å²) in [5, 5.41) is 13.5. The van der Waals surface area contributed by atoms with E-state index in [1.54, 1.807) is 0 Å². The summed E-state index contributed by atoms with van der Waals surface area (Å²) in [5.74, 6) is 0.717. The topological polar surface area (TPSA) is 32.3 Å². The van der Waals surface area contributed by atoms with E-state index in [0.29, 0.717) is 0 Å². The Hall–Kier alpha value is -0.860. The lowest BCUT2D eigenvalue weighted by molar-refractivity contribution is 0.0982. The minimum absolute atomic E-state index is 0.0570. The molecule has 19 heavy (non-hydrogen) atoms. The van der Waals surface area contributed by atoms with Crippen LogP contribution in [0.5, 0.6) is 0 Å². The van der Waals surface area contributed by atoms with Crippen molar-refractivity contribution in [2.24, 2.45) is 5.92 Å². The van der Waals surface area contributed by atoms with Gasteiger partial charge in [-0.2, -0.15) is 0 Å². The first-order valence-corrected chi connectivity index (χ1v) is 7.62. The Kier molecular flexibility index (Phi) is 5.00. The van der Waals surface area contributed by atoms with Crippen LogP contribution in [0.3, 0.4) is 0 Å². The van der Waals surface area contributed by atoms with E-state index >= 15 is 0 Å². The van der Waals surface area contributed by atoms with Gasteiger partial charge in [0.1, 0.15) is 0 Å². The van der Waals surface area contributed by atoms with E-state index < -0.39 is 0 Å². The van der Waals surface area contributed by atoms with Crippen LogP contribution in [0.15, 0.2) is 24.3 Å². The van der Waals surface area contributed by atoms with Crippen LogP contribution in [0.2, 0.25) is 0 Å². The van der Waals surface area contributed by atoms with Crippen LogP contribution >= 0.6 is 0 Å². The molecule has 0 spiro atoms. The predicted molar refractivity (Wildman–Crippen MR) is 80.1 cm³/mol. The summed E-state index contributed by atoms with van der Waals surface area (Å²) >= 11 is 0. The molecule has 1 aromatic rings. The molecule has 0 aromatic heterocycles. The molecule has 0 saturated heterocycles. The van der Waals surface area contributed by atoms with Crippen molar-refractivity contribution < 1.29 is 5.11 Å². The summed E-state index contributed by atoms with van der Waals surface area (Å²) in [5.41, 5.74) is 2.72. The lowest BCUT2D eigenvalue weighted by Crippen LogP contribution is -2.51. The molecule has 2 heteroatoms. The monoisotopic (exact) mass is 261 g/mol. The molecule has 0 aliphatic heterocycles. The summed E-state index contributed by atoms with van der Waals surface area (Å²) < 4.78 is 0. The summed E-state index contributed by atoms with van der Waals surface area (Å²) in [6, 6.07) is 8.60. The standard InChI is InChI=1S/C17H27NO/c1-3-15-8-4-5-9-16(15)12-18-17(13-19)10-6-7-14(2)11-17/h4-5,8-9,14,18-19H,3,6-7,10-13H2,1-2H3. The molecule has 0 amide bonds. The third-order valence-corrected chi connectivity index (χ3v) is 4.55. The van der Waals surface area contributed by atoms with Gasteiger partial charge in [-0.15, -0.1) is 0 Å². The first kappa shape index (κ1) is 14.5. The molecule has 0 heterocycles. The number of hydrogen-bond acceptors (Lipinski definition) is 2. The van der Waals surface area contributed by atoms with Crippen molar-refractivity contribution in [3.05, 3.63) is 35.4 Å². The van der Waals surface area contributed by atoms with Crippen LogP contribution in [-0.2, 0) is 13.0 Å². The van der Waals surface area contributed by atoms with E-state index in [0.717, 1.165) is 31.7 Å². The van der Waals surface area contributed by atoms with Gasteiger partial charge in [-0.3, -0.25) is 0 Å². The van der Waals surface area contributed by atoms with Crippen molar-refractivity contribution in [3.8, 4) is 0 Å². The Balaban J connectivity index is 2.03. The number of aliphatic hydroxyl groups is 1. The lowest BCUT2D eigenvalue weighted by atomic mass is 9.76. The lowest BCUT2D eigenvalue weighted by Gasteiger charge is -2.40. The molecule has 1 aromatic carbocycles. The van der Waals surface area contributed by atoms with E-state index in [9.17, 15) is 5.11 Å². The Bertz CT molecular complexity index is 404. The Morgan fingerprint density at radius 3 is 2.68 bits per heavy atom. The molecule has 0 bridgehead atoms. The van der Waals surface area contributed by atoms with Gasteiger partial charge in [0.25, 0.3) is 0 Å². The summed E-state index contributed by atoms with van der Waals surface area (Å²) in [4.78, 5) is 0. The zero-order valence-corrected chi connectivity index (χ0v) is 12.3. The van der Waals surface area contributed by atoms with Crippen LogP contribution in [-0.4, -0.2) is 17.3 Å². The van der Waals surface area contributed by atoms with Crippen molar-refractivity contribution in [2.45, 2.75) is 58.0 Å². The van der Waals surface area contributed by atoms with Crippen molar-refractivity contribution in [3.63, 3.8) is 0 Å². The molecule has 2 N–H and O–H groups in total. The Labute approximate surface area is 117 Å². The summed E-state index contributed by atoms with van der Waals surface area (Å²) in [6.07, 6.45) is 5.79. The van der Waals surface area contributed by atoms with Crippen LogP contribution in [0, 0.1) is 5.92 Å². The third kappa shape index (κ3) is 3.58. The van der Waals surface area contributed by atoms with Gasteiger partial charge in [0, 0.05) is 12.1 Å². The highest BCUT2D eigenvalue weighted by atomic mass is 16.3. The van der Waals surface area contributed by atoms with Crippen molar-refractivity contribution >= 4 is 0 Å². The average molecular weight is 261 g/mol. The maximum atomic E-state index is 9.80. The number of benzene rings is 1. The van der Waals surface area contributed by atoms with Gasteiger partial charge in [0.15, 0.2) is 0 Å². The zero-order valence-electron chi connectivity index (χ0n) is 12.3. The molecular formula is C17H27NO. The highest BCUT2D eigenvalue weighted by Crippen LogP contribution is 2.32. The van der Waals surface area contributed by atoms with Crippen LogP contribution in [0.1, 0.15) is 50.7 Å². The van der Waals surface area contributed by atoms with Gasteiger partial charge in [-0.25, -0.2) is 0 Å². The molecule has 106 valence electrons. The number of rotatable bonds is 5. The average Bonchev–Trinajstić information content (AvgIpc) is 2.45. The molecule has 1 aliphatic carbocycles. The van der Waals surface area contributed by atoms with Gasteiger partial charge in [-0.1, -0.05) is 51.0 Å². The van der Waals surface area contributed by atoms with Crippen LogP contribution in [0.4, 0.5) is 0 Å². The highest BCUT2D eigenvalue weighted by molar-refractivity contribution is 5.27. The van der Waals surface area contributed by atoms with Crippen molar-refractivity contribution in [1.82, 2.24) is 5.32 Å². The summed E-state index contributed by atoms with van der Waals surface area (Å²) in [6.45, 7) is 5.62. The number of aliphatic hydroxyl groups excluding tert-OH is 1. The normalized spacial score (nSPS) is 27.4. The Morgan fingerprint density at radius 1 is 1.32 bits per heavy atom. The molecule has 2 unspecified atom stereocenters. The second-order valence-electron chi connectivity index (χ2n) is 6.12. The summed E-state index contributed by atoms with van der Waals surface area (Å²) in [7, 11) is 0. The predicted octanol–water partition coefficient (Wildman–Crippen LogP) is 3.28. The molecule has 2 atom stereocenters. The molecule has 2 rings (SSSR count). The first-order valence-electron chi connectivity index (χ1n) is 7.62. The smallest absolute Gasteiger partial charge is 0.0613 e. The molecule has 2 nitrogen and oxygen atoms in total. The van der Waals surface area contributed by atoms with Crippen LogP contribution in [0.25, 0.3) is 0 Å². The number of nitrogens with one attached hydrogen (secondary N) is 1. The minimum Gasteiger partial charge on any atom is -0.394 e. The first-order chi connectivity index (χ1) is 9.19. The number of aryl methyl sites for hydroxylation is 1. The fourth-order valence-corrected chi connectivity index (χ4v) is 3.38. The van der Waals surface area contributed by atoms with E-state index in [-0.39, 0.29) is 12.1 Å². The second-order valence-corrected chi connectivity index (χ2v) is 6.12. The van der Waals surface area contributed by atoms with E-state index in [2.05, 4.69) is 43.4 Å². The fourth-order valence-electron chi connectivity index (χ4n) is 3.38. The molecule has 1 saturated carbocycles. The number of hydrogen-bond donors (Lipinski definition) is 2. The zero-order chi connectivity index (χ0) is 13.7. The molecule has 0 radical (unpaired) electrons. The quantitative estimate of drug-likeness (QED) is 0.852. The van der Waals surface area contributed by atoms with Crippen molar-refractivity contribution in [2.75, 3.05) is 6.61 Å². The van der Waals surface area contributed by atoms with E-state index in [4.69, 9.17) is 0 Å². The van der Waals surface area contributed by atoms with Gasteiger partial charge in [0.05, 0.1) is 6.61 Å². The maximum Gasteiger partial charge on any atom is 0.0613 e. The highest BCUT2D eigenvalue weighted by Gasteiger charge is 2.33. The molecule has 1 fully saturated rings. The minimum atomic E-state index is -0.0570. The Morgan fingerprint density at radius 2 is 2.05 bits per heavy atom. The molecule has 1 aliphatic rings. The van der Waals surface area contributed by atoms with Gasteiger partial charge >= 0.3 is 0 Å². The SMILES string of the molecule is CCc1ccccc1CNC1(CO)CCCC(C)C1. The van der Waals surface area contributed by atoms with Crippen LogP contribution < -0.4 is 5.32 Å². The second kappa shape index (κ2) is 6.53. The largest absolute Gasteiger partial charge is 0.394 e. The van der Waals surface area contributed by atoms with E-state index in [1.807, 2.05) is 0 Å². The fraction of sp³-hybridized carbons (Fsp3) is 0.647. The van der Waals surface area contributed by atoms with Gasteiger partial charge < -0.3 is 10.4 Å². The maximum absolute atomic E-state index is 9.80. The van der Waals surface area contributed by atoms with E-state index in [1.165, 1.54) is 24.0 Å². The third-order valence-electron chi connectivity index (χ3n) is 4.55. The molecular weight excluding hydrogens is 234 g/mol. The van der Waals surface area contributed by atoms with Crippen molar-refractivity contribution in [1.29, 1.82) is 0 Å². The van der Waals surface area contributed by atoms with Gasteiger partial charge in [-0.05, 0) is 36.3 Å². The van der Waals surface area contributed by atoms with Gasteiger partial charge in [0.2, 0.25) is 0 Å².